The number of aliphatic hydroxyl groups is 8. The molecule has 0 bridgehead atoms. The lowest BCUT2D eigenvalue weighted by atomic mass is 9.97. The van der Waals surface area contributed by atoms with Crippen molar-refractivity contribution in [1.29, 1.82) is 0 Å². The zero-order valence-corrected chi connectivity index (χ0v) is 50.5. The van der Waals surface area contributed by atoms with Crippen molar-refractivity contribution in [3.63, 3.8) is 0 Å². The highest BCUT2D eigenvalue weighted by atomic mass is 16.7. The fraction of sp³-hybridized carbons (Fsp3) is 0.776. The van der Waals surface area contributed by atoms with Crippen LogP contribution in [0.3, 0.4) is 0 Å². The molecule has 0 spiro atoms. The number of ether oxygens (including phenoxy) is 4. The fourth-order valence-electron chi connectivity index (χ4n) is 10.2. The predicted octanol–water partition coefficient (Wildman–Crippen LogP) is 12.1. The third kappa shape index (κ3) is 36.6. The normalized spacial score (nSPS) is 24.7. The van der Waals surface area contributed by atoms with E-state index in [1.807, 2.05) is 0 Å². The van der Waals surface area contributed by atoms with Gasteiger partial charge in [0, 0.05) is 6.42 Å². The molecule has 2 aliphatic heterocycles. The lowest BCUT2D eigenvalue weighted by Gasteiger charge is -2.46. The van der Waals surface area contributed by atoms with Crippen molar-refractivity contribution in [1.82, 2.24) is 5.32 Å². The molecule has 468 valence electrons. The molecular formula is C67H117NO13. The predicted molar refractivity (Wildman–Crippen MR) is 327 cm³/mol. The zero-order chi connectivity index (χ0) is 58.8. The molecule has 12 atom stereocenters. The molecule has 1 amide bonds. The summed E-state index contributed by atoms with van der Waals surface area (Å²) in [7, 11) is 0. The summed E-state index contributed by atoms with van der Waals surface area (Å²) in [5.41, 5.74) is 0. The molecule has 14 heteroatoms. The van der Waals surface area contributed by atoms with Crippen LogP contribution in [-0.2, 0) is 23.7 Å². The second-order valence-electron chi connectivity index (χ2n) is 22.5. The van der Waals surface area contributed by atoms with Crippen LogP contribution in [0.5, 0.6) is 0 Å². The third-order valence-electron chi connectivity index (χ3n) is 15.4. The smallest absolute Gasteiger partial charge is 0.220 e. The second-order valence-corrected chi connectivity index (χ2v) is 22.5. The molecule has 0 aromatic carbocycles. The summed E-state index contributed by atoms with van der Waals surface area (Å²) in [5.74, 6) is -0.211. The molecule has 2 aliphatic rings. The van der Waals surface area contributed by atoms with E-state index in [4.69, 9.17) is 18.9 Å². The summed E-state index contributed by atoms with van der Waals surface area (Å²) in [4.78, 5) is 13.2. The fourth-order valence-corrected chi connectivity index (χ4v) is 10.2. The first-order valence-electron chi connectivity index (χ1n) is 32.3. The number of unbranched alkanes of at least 4 members (excludes halogenated alkanes) is 24. The summed E-state index contributed by atoms with van der Waals surface area (Å²) < 4.78 is 22.8. The Bertz CT molecular complexity index is 1680. The van der Waals surface area contributed by atoms with Gasteiger partial charge in [-0.25, -0.2) is 0 Å². The summed E-state index contributed by atoms with van der Waals surface area (Å²) in [6, 6.07) is -0.828. The Kier molecular flexibility index (Phi) is 47.3. The molecule has 2 rings (SSSR count). The van der Waals surface area contributed by atoms with Gasteiger partial charge < -0.3 is 65.1 Å². The van der Waals surface area contributed by atoms with Gasteiger partial charge in [-0.05, 0) is 70.6 Å². The van der Waals surface area contributed by atoms with Gasteiger partial charge in [0.05, 0.1) is 32.0 Å². The van der Waals surface area contributed by atoms with Crippen LogP contribution < -0.4 is 5.32 Å². The van der Waals surface area contributed by atoms with Crippen LogP contribution >= 0.6 is 0 Å². The number of carbonyl (C=O) groups excluding carboxylic acids is 1. The van der Waals surface area contributed by atoms with Crippen molar-refractivity contribution in [2.45, 2.75) is 312 Å². The SMILES string of the molecule is CC/C=C\C/C=C\C/C=C\C/C=C\C/C=C\C/C=C\C/C=C\CCCCCCCCCCCCCCCCCCCC(=O)NC(COC1OC(CO)C(OC2OC(CO)C(O)C(O)C2O)C(O)C1O)C(O)CCCCCCCCCC. The van der Waals surface area contributed by atoms with E-state index in [9.17, 15) is 45.6 Å². The van der Waals surface area contributed by atoms with Crippen LogP contribution in [0.2, 0.25) is 0 Å². The number of carbonyl (C=O) groups is 1. The van der Waals surface area contributed by atoms with Crippen molar-refractivity contribution in [2.75, 3.05) is 19.8 Å². The second kappa shape index (κ2) is 51.6. The van der Waals surface area contributed by atoms with Gasteiger partial charge in [-0.3, -0.25) is 4.79 Å². The molecule has 0 radical (unpaired) electrons. The Morgan fingerprint density at radius 1 is 0.457 bits per heavy atom. The molecule has 0 aromatic heterocycles. The molecule has 12 unspecified atom stereocenters. The van der Waals surface area contributed by atoms with E-state index in [0.29, 0.717) is 12.8 Å². The number of hydrogen-bond acceptors (Lipinski definition) is 13. The van der Waals surface area contributed by atoms with Crippen molar-refractivity contribution < 1.29 is 64.6 Å². The van der Waals surface area contributed by atoms with Crippen LogP contribution in [0, 0.1) is 0 Å². The molecule has 0 aliphatic carbocycles. The summed E-state index contributed by atoms with van der Waals surface area (Å²) in [6.07, 6.45) is 53.6. The van der Waals surface area contributed by atoms with Gasteiger partial charge in [-0.2, -0.15) is 0 Å². The average molecular weight is 1140 g/mol. The van der Waals surface area contributed by atoms with Crippen molar-refractivity contribution in [2.24, 2.45) is 0 Å². The van der Waals surface area contributed by atoms with Gasteiger partial charge in [-0.1, -0.05) is 247 Å². The Labute approximate surface area is 491 Å². The molecule has 2 saturated heterocycles. The van der Waals surface area contributed by atoms with Crippen molar-refractivity contribution in [3.8, 4) is 0 Å². The lowest BCUT2D eigenvalue weighted by molar-refractivity contribution is -0.359. The minimum Gasteiger partial charge on any atom is -0.394 e. The van der Waals surface area contributed by atoms with E-state index in [2.05, 4.69) is 104 Å². The van der Waals surface area contributed by atoms with E-state index >= 15 is 0 Å². The van der Waals surface area contributed by atoms with Gasteiger partial charge in [0.2, 0.25) is 5.91 Å². The maximum Gasteiger partial charge on any atom is 0.220 e. The Hall–Kier alpha value is -2.83. The largest absolute Gasteiger partial charge is 0.394 e. The van der Waals surface area contributed by atoms with Crippen LogP contribution in [0.15, 0.2) is 85.1 Å². The molecule has 0 aromatic rings. The monoisotopic (exact) mass is 1140 g/mol. The lowest BCUT2D eigenvalue weighted by Crippen LogP contribution is -2.65. The number of hydrogen-bond donors (Lipinski definition) is 9. The Balaban J connectivity index is 1.53. The number of allylic oxidation sites excluding steroid dienone is 14. The standard InChI is InChI=1S/C67H117NO13/c1-3-5-7-9-11-13-14-15-16-17-18-19-20-21-22-23-24-25-26-27-28-29-30-31-32-33-34-35-36-37-38-39-40-41-42-43-45-47-49-51-59(72)68-55(56(71)50-48-46-44-12-10-8-6-4-2)54-78-66-64(77)62(75)65(58(53-70)80-66)81-67-63(76)61(74)60(73)57(52-69)79-67/h5,7,11,13,15-16,18-19,21-22,24-25,27-28,55-58,60-67,69-71,73-77H,3-4,6,8-10,12,14,17,20,23,26,29-54H2,1-2H3,(H,68,72)/b7-5-,13-11-,16-15-,19-18-,22-21-,25-24-,28-27-. The maximum absolute atomic E-state index is 13.2. The average Bonchev–Trinajstić information content (AvgIpc) is 3.51. The van der Waals surface area contributed by atoms with E-state index in [1.165, 1.54) is 116 Å². The van der Waals surface area contributed by atoms with Crippen LogP contribution in [-0.4, -0.2) is 140 Å². The van der Waals surface area contributed by atoms with Gasteiger partial charge >= 0.3 is 0 Å². The number of nitrogens with one attached hydrogen (secondary N) is 1. The number of amides is 1. The molecule has 0 saturated carbocycles. The van der Waals surface area contributed by atoms with Gasteiger partial charge in [0.25, 0.3) is 0 Å². The maximum atomic E-state index is 13.2. The highest BCUT2D eigenvalue weighted by Crippen LogP contribution is 2.30. The van der Waals surface area contributed by atoms with Gasteiger partial charge in [0.15, 0.2) is 12.6 Å². The molecule has 81 heavy (non-hydrogen) atoms. The highest BCUT2D eigenvalue weighted by molar-refractivity contribution is 5.76. The highest BCUT2D eigenvalue weighted by Gasteiger charge is 2.51. The number of aliphatic hydroxyl groups excluding tert-OH is 8. The summed E-state index contributed by atoms with van der Waals surface area (Å²) in [6.45, 7) is 2.70. The molecule has 2 heterocycles. The number of rotatable bonds is 51. The van der Waals surface area contributed by atoms with E-state index in [1.54, 1.807) is 0 Å². The minimum absolute atomic E-state index is 0.211. The van der Waals surface area contributed by atoms with E-state index in [-0.39, 0.29) is 12.5 Å². The van der Waals surface area contributed by atoms with E-state index < -0.39 is 86.8 Å². The van der Waals surface area contributed by atoms with Crippen LogP contribution in [0.25, 0.3) is 0 Å². The minimum atomic E-state index is -1.78. The first kappa shape index (κ1) is 74.3. The van der Waals surface area contributed by atoms with Gasteiger partial charge in [-0.15, -0.1) is 0 Å². The molecule has 14 nitrogen and oxygen atoms in total. The van der Waals surface area contributed by atoms with Crippen molar-refractivity contribution in [3.05, 3.63) is 85.1 Å². The molecule has 9 N–H and O–H groups in total. The molecular weight excluding hydrogens is 1030 g/mol. The first-order valence-corrected chi connectivity index (χ1v) is 32.3. The van der Waals surface area contributed by atoms with Crippen LogP contribution in [0.1, 0.15) is 239 Å². The summed E-state index contributed by atoms with van der Waals surface area (Å²) >= 11 is 0. The third-order valence-corrected chi connectivity index (χ3v) is 15.4. The van der Waals surface area contributed by atoms with E-state index in [0.717, 1.165) is 96.3 Å². The van der Waals surface area contributed by atoms with Gasteiger partial charge in [0.1, 0.15) is 48.8 Å². The quantitative estimate of drug-likeness (QED) is 0.0204. The zero-order valence-electron chi connectivity index (χ0n) is 50.5. The topological polar surface area (TPSA) is 228 Å². The molecule has 2 fully saturated rings. The Morgan fingerprint density at radius 2 is 0.852 bits per heavy atom. The first-order chi connectivity index (χ1) is 39.6. The Morgan fingerprint density at radius 3 is 1.31 bits per heavy atom. The summed E-state index contributed by atoms with van der Waals surface area (Å²) in [5, 5.41) is 87.0. The van der Waals surface area contributed by atoms with Crippen LogP contribution in [0.4, 0.5) is 0 Å². The van der Waals surface area contributed by atoms with Crippen molar-refractivity contribution >= 4 is 5.91 Å².